The summed E-state index contributed by atoms with van der Waals surface area (Å²) >= 11 is 1.39. The van der Waals surface area contributed by atoms with Crippen molar-refractivity contribution in [1.29, 1.82) is 0 Å². The minimum absolute atomic E-state index is 0.0832. The number of amides is 1. The van der Waals surface area contributed by atoms with Crippen molar-refractivity contribution in [3.05, 3.63) is 45.9 Å². The topological polar surface area (TPSA) is 70.6 Å². The van der Waals surface area contributed by atoms with Gasteiger partial charge >= 0.3 is 0 Å². The van der Waals surface area contributed by atoms with Crippen LogP contribution in [0, 0.1) is 0 Å². The summed E-state index contributed by atoms with van der Waals surface area (Å²) in [6.07, 6.45) is 1.67. The van der Waals surface area contributed by atoms with Crippen LogP contribution in [0.3, 0.4) is 0 Å². The molecule has 1 amide bonds. The predicted molar refractivity (Wildman–Crippen MR) is 81.0 cm³/mol. The van der Waals surface area contributed by atoms with Crippen LogP contribution in [0.1, 0.15) is 27.0 Å². The zero-order chi connectivity index (χ0) is 15.5. The van der Waals surface area contributed by atoms with E-state index in [1.807, 2.05) is 0 Å². The number of nitrogens with zero attached hydrogens (tertiary/aromatic N) is 3. The number of carbonyl (C=O) groups excluding carboxylic acids is 1. The summed E-state index contributed by atoms with van der Waals surface area (Å²) in [6.45, 7) is 0.695. The highest BCUT2D eigenvalue weighted by atomic mass is 32.2. The van der Waals surface area contributed by atoms with Gasteiger partial charge in [0.1, 0.15) is 0 Å². The Morgan fingerprint density at radius 1 is 1.36 bits per heavy atom. The molecule has 0 aromatic carbocycles. The van der Waals surface area contributed by atoms with Crippen molar-refractivity contribution in [1.82, 2.24) is 14.2 Å². The molecule has 8 heteroatoms. The van der Waals surface area contributed by atoms with Crippen LogP contribution in [0.4, 0.5) is 0 Å². The number of thiophene rings is 1. The number of aromatic nitrogens is 1. The lowest BCUT2D eigenvalue weighted by Gasteiger charge is -2.34. The van der Waals surface area contributed by atoms with E-state index in [1.165, 1.54) is 15.6 Å². The number of pyridine rings is 1. The molecule has 114 valence electrons. The molecular formula is C14H13N3O3S2. The summed E-state index contributed by atoms with van der Waals surface area (Å²) in [6, 6.07) is 4.87. The van der Waals surface area contributed by atoms with E-state index in [-0.39, 0.29) is 18.5 Å². The van der Waals surface area contributed by atoms with Gasteiger partial charge in [-0.1, -0.05) is 0 Å². The van der Waals surface area contributed by atoms with Gasteiger partial charge in [-0.3, -0.25) is 9.78 Å². The third-order valence-corrected chi connectivity index (χ3v) is 7.18. The molecule has 4 rings (SSSR count). The lowest BCUT2D eigenvalue weighted by molar-refractivity contribution is 0.0679. The van der Waals surface area contributed by atoms with Gasteiger partial charge in [0.25, 0.3) is 5.91 Å². The molecule has 0 N–H and O–H groups in total. The molecule has 6 nitrogen and oxygen atoms in total. The van der Waals surface area contributed by atoms with Crippen LogP contribution in [0.5, 0.6) is 0 Å². The van der Waals surface area contributed by atoms with Gasteiger partial charge in [0, 0.05) is 24.7 Å². The highest BCUT2D eigenvalue weighted by molar-refractivity contribution is 7.89. The number of carbonyl (C=O) groups is 1. The molecule has 0 fully saturated rings. The smallest absolute Gasteiger partial charge is 0.256 e. The molecule has 1 atom stereocenters. The molecule has 0 saturated carbocycles. The summed E-state index contributed by atoms with van der Waals surface area (Å²) in [4.78, 5) is 19.6. The fourth-order valence-electron chi connectivity index (χ4n) is 3.00. The first-order chi connectivity index (χ1) is 10.5. The molecule has 0 radical (unpaired) electrons. The van der Waals surface area contributed by atoms with E-state index in [4.69, 9.17) is 0 Å². The fraction of sp³-hybridized carbons (Fsp3) is 0.286. The molecule has 0 spiro atoms. The number of hydrogen-bond acceptors (Lipinski definition) is 5. The molecular weight excluding hydrogens is 322 g/mol. The Hall–Kier alpha value is -1.77. The summed E-state index contributed by atoms with van der Waals surface area (Å²) in [5.41, 5.74) is 1.36. The van der Waals surface area contributed by atoms with E-state index in [0.29, 0.717) is 17.0 Å². The maximum atomic E-state index is 12.6. The van der Waals surface area contributed by atoms with Crippen molar-refractivity contribution in [3.8, 4) is 0 Å². The SMILES string of the molecule is CN1C[C@@H](N2Cc3ncccc3C2=O)c2sccc2S1(=O)=O. The van der Waals surface area contributed by atoms with Crippen LogP contribution in [0.25, 0.3) is 0 Å². The van der Waals surface area contributed by atoms with Crippen molar-refractivity contribution < 1.29 is 13.2 Å². The van der Waals surface area contributed by atoms with Gasteiger partial charge in [-0.15, -0.1) is 11.3 Å². The van der Waals surface area contributed by atoms with Gasteiger partial charge < -0.3 is 4.90 Å². The van der Waals surface area contributed by atoms with Gasteiger partial charge in [-0.05, 0) is 23.6 Å². The highest BCUT2D eigenvalue weighted by Gasteiger charge is 2.42. The van der Waals surface area contributed by atoms with E-state index in [9.17, 15) is 13.2 Å². The zero-order valence-corrected chi connectivity index (χ0v) is 13.4. The quantitative estimate of drug-likeness (QED) is 0.791. The first-order valence-corrected chi connectivity index (χ1v) is 9.10. The van der Waals surface area contributed by atoms with Crippen LogP contribution in [-0.4, -0.2) is 42.1 Å². The minimum atomic E-state index is -3.43. The summed E-state index contributed by atoms with van der Waals surface area (Å²) in [7, 11) is -1.88. The fourth-order valence-corrected chi connectivity index (χ4v) is 5.74. The predicted octanol–water partition coefficient (Wildman–Crippen LogP) is 1.47. The highest BCUT2D eigenvalue weighted by Crippen LogP contribution is 2.41. The number of likely N-dealkylation sites (N-methyl/N-ethyl adjacent to an activating group) is 1. The van der Waals surface area contributed by atoms with Crippen LogP contribution in [-0.2, 0) is 16.6 Å². The maximum absolute atomic E-state index is 12.6. The molecule has 2 aliphatic rings. The Bertz CT molecular complexity index is 875. The van der Waals surface area contributed by atoms with Crippen molar-refractivity contribution in [3.63, 3.8) is 0 Å². The molecule has 2 aliphatic heterocycles. The first-order valence-electron chi connectivity index (χ1n) is 6.79. The van der Waals surface area contributed by atoms with Crippen LogP contribution in [0.15, 0.2) is 34.7 Å². The molecule has 2 aromatic heterocycles. The van der Waals surface area contributed by atoms with Crippen LogP contribution in [0.2, 0.25) is 0 Å². The van der Waals surface area contributed by atoms with Crippen LogP contribution < -0.4 is 0 Å². The Labute approximate surface area is 132 Å². The Kier molecular flexibility index (Phi) is 2.91. The van der Waals surface area contributed by atoms with E-state index >= 15 is 0 Å². The zero-order valence-electron chi connectivity index (χ0n) is 11.8. The van der Waals surface area contributed by atoms with E-state index < -0.39 is 10.0 Å². The van der Waals surface area contributed by atoms with Crippen molar-refractivity contribution in [2.75, 3.05) is 13.6 Å². The van der Waals surface area contributed by atoms with Gasteiger partial charge in [-0.25, -0.2) is 8.42 Å². The number of fused-ring (bicyclic) bond motifs is 2. The van der Waals surface area contributed by atoms with E-state index in [1.54, 1.807) is 41.7 Å². The Balaban J connectivity index is 1.79. The average Bonchev–Trinajstić information content (AvgIpc) is 3.10. The lowest BCUT2D eigenvalue weighted by atomic mass is 10.2. The standard InChI is InChI=1S/C14H13N3O3S2/c1-16-8-11(13-12(4-6-21-13)22(16,19)20)17-7-10-9(14(17)18)3-2-5-15-10/h2-6,11H,7-8H2,1H3/t11-/m1/s1. The number of rotatable bonds is 1. The molecule has 22 heavy (non-hydrogen) atoms. The summed E-state index contributed by atoms with van der Waals surface area (Å²) < 4.78 is 26.0. The van der Waals surface area contributed by atoms with E-state index in [2.05, 4.69) is 4.98 Å². The Morgan fingerprint density at radius 3 is 2.95 bits per heavy atom. The van der Waals surface area contributed by atoms with Gasteiger partial charge in [-0.2, -0.15) is 4.31 Å². The van der Waals surface area contributed by atoms with Gasteiger partial charge in [0.2, 0.25) is 10.0 Å². The van der Waals surface area contributed by atoms with Crippen LogP contribution >= 0.6 is 11.3 Å². The van der Waals surface area contributed by atoms with Crippen molar-refractivity contribution in [2.45, 2.75) is 17.5 Å². The third kappa shape index (κ3) is 1.77. The average molecular weight is 335 g/mol. The maximum Gasteiger partial charge on any atom is 0.256 e. The molecule has 0 saturated heterocycles. The van der Waals surface area contributed by atoms with Gasteiger partial charge in [0.15, 0.2) is 0 Å². The summed E-state index contributed by atoms with van der Waals surface area (Å²) in [5.74, 6) is -0.0832. The molecule has 4 heterocycles. The molecule has 0 bridgehead atoms. The largest absolute Gasteiger partial charge is 0.323 e. The lowest BCUT2D eigenvalue weighted by Crippen LogP contribution is -2.43. The number of sulfonamides is 1. The number of hydrogen-bond donors (Lipinski definition) is 0. The molecule has 0 aliphatic carbocycles. The monoisotopic (exact) mass is 335 g/mol. The molecule has 0 unspecified atom stereocenters. The summed E-state index contributed by atoms with van der Waals surface area (Å²) in [5, 5.41) is 1.76. The van der Waals surface area contributed by atoms with Crippen molar-refractivity contribution >= 4 is 27.3 Å². The second kappa shape index (κ2) is 4.61. The van der Waals surface area contributed by atoms with Gasteiger partial charge in [0.05, 0.1) is 28.7 Å². The first kappa shape index (κ1) is 13.9. The minimum Gasteiger partial charge on any atom is -0.323 e. The normalized spacial score (nSPS) is 23.4. The van der Waals surface area contributed by atoms with Crippen molar-refractivity contribution in [2.24, 2.45) is 0 Å². The molecule has 2 aromatic rings. The second-order valence-corrected chi connectivity index (χ2v) is 8.34. The second-order valence-electron chi connectivity index (χ2n) is 5.38. The Morgan fingerprint density at radius 2 is 2.18 bits per heavy atom. The third-order valence-electron chi connectivity index (χ3n) is 4.16. The van der Waals surface area contributed by atoms with E-state index in [0.717, 1.165) is 10.6 Å².